The van der Waals surface area contributed by atoms with Crippen molar-refractivity contribution in [2.24, 2.45) is 0 Å². The molecule has 0 N–H and O–H groups in total. The van der Waals surface area contributed by atoms with Gasteiger partial charge in [-0.1, -0.05) is 121 Å². The summed E-state index contributed by atoms with van der Waals surface area (Å²) in [5.41, 5.74) is 11.0. The third kappa shape index (κ3) is 6.42. The monoisotopic (exact) mass is 596 g/mol. The van der Waals surface area contributed by atoms with Crippen molar-refractivity contribution in [3.63, 3.8) is 0 Å². The fourth-order valence-electron chi connectivity index (χ4n) is 5.35. The second kappa shape index (κ2) is 12.9. The van der Waals surface area contributed by atoms with Crippen LogP contribution in [-0.2, 0) is 0 Å². The summed E-state index contributed by atoms with van der Waals surface area (Å²) in [6.45, 7) is 4.31. The van der Waals surface area contributed by atoms with Crippen LogP contribution in [-0.4, -0.2) is 9.97 Å². The predicted octanol–water partition coefficient (Wildman–Crippen LogP) is 11.3. The molecule has 0 spiro atoms. The molecule has 0 aliphatic heterocycles. The molecule has 7 rings (SSSR count). The lowest BCUT2D eigenvalue weighted by Gasteiger charge is -2.07. The van der Waals surface area contributed by atoms with Gasteiger partial charge in [-0.15, -0.1) is 0 Å². The zero-order chi connectivity index (χ0) is 31.3. The van der Waals surface area contributed by atoms with Crippen LogP contribution in [0.5, 0.6) is 0 Å². The largest absolute Gasteiger partial charge is 0.436 e. The Labute approximate surface area is 269 Å². The molecule has 4 heteroatoms. The number of hydrogen-bond acceptors (Lipinski definition) is 4. The van der Waals surface area contributed by atoms with Crippen LogP contribution >= 0.6 is 0 Å². The highest BCUT2D eigenvalue weighted by atomic mass is 16.4. The fraction of sp³-hybridized carbons (Fsp3) is 0.0476. The summed E-state index contributed by atoms with van der Waals surface area (Å²) in [4.78, 5) is 8.96. The lowest BCUT2D eigenvalue weighted by atomic mass is 9.98. The smallest absolute Gasteiger partial charge is 0.226 e. The summed E-state index contributed by atoms with van der Waals surface area (Å²) in [7, 11) is 0. The number of oxazole rings is 2. The summed E-state index contributed by atoms with van der Waals surface area (Å²) < 4.78 is 12.0. The zero-order valence-corrected chi connectivity index (χ0v) is 25.7. The van der Waals surface area contributed by atoms with Gasteiger partial charge in [0, 0.05) is 22.3 Å². The van der Waals surface area contributed by atoms with E-state index in [0.29, 0.717) is 11.8 Å². The molecule has 0 radical (unpaired) electrons. The summed E-state index contributed by atoms with van der Waals surface area (Å²) in [6, 6.07) is 41.1. The molecule has 0 atom stereocenters. The molecule has 46 heavy (non-hydrogen) atoms. The topological polar surface area (TPSA) is 52.1 Å². The van der Waals surface area contributed by atoms with Crippen molar-refractivity contribution in [3.8, 4) is 45.6 Å². The first-order valence-electron chi connectivity index (χ1n) is 15.3. The lowest BCUT2D eigenvalue weighted by Crippen LogP contribution is -1.88. The highest BCUT2D eigenvalue weighted by Gasteiger charge is 2.10. The van der Waals surface area contributed by atoms with Crippen LogP contribution in [0.2, 0.25) is 0 Å². The maximum atomic E-state index is 6.01. The zero-order valence-electron chi connectivity index (χ0n) is 25.7. The Morgan fingerprint density at radius 2 is 0.826 bits per heavy atom. The molecule has 5 aromatic carbocycles. The molecule has 0 saturated heterocycles. The number of aryl methyl sites for hydroxylation is 2. The van der Waals surface area contributed by atoms with Crippen LogP contribution in [0, 0.1) is 13.8 Å². The SMILES string of the molecule is Cc1cc(C=Cc2ccc(-c3ncc(-c4ccccc4)o3)cc2)c(C)cc1C=Cc1ccc(-c2ncc(-c3ccccc3)o2)cc1. The molecule has 0 saturated carbocycles. The number of benzene rings is 5. The summed E-state index contributed by atoms with van der Waals surface area (Å²) in [5.74, 6) is 2.77. The number of hydrogen-bond donors (Lipinski definition) is 0. The van der Waals surface area contributed by atoms with Gasteiger partial charge in [-0.2, -0.15) is 0 Å². The minimum absolute atomic E-state index is 0.618. The molecular formula is C42H32N2O2. The molecule has 2 heterocycles. The van der Waals surface area contributed by atoms with E-state index in [2.05, 4.69) is 84.5 Å². The molecule has 0 aliphatic rings. The van der Waals surface area contributed by atoms with Crippen molar-refractivity contribution in [2.45, 2.75) is 13.8 Å². The number of nitrogens with zero attached hydrogens (tertiary/aromatic N) is 2. The Morgan fingerprint density at radius 1 is 0.435 bits per heavy atom. The number of aromatic nitrogens is 2. The lowest BCUT2D eigenvalue weighted by molar-refractivity contribution is 0.588. The third-order valence-corrected chi connectivity index (χ3v) is 8.01. The van der Waals surface area contributed by atoms with E-state index in [0.717, 1.165) is 44.9 Å². The molecule has 0 bridgehead atoms. The Kier molecular flexibility index (Phi) is 8.08. The van der Waals surface area contributed by atoms with Gasteiger partial charge in [0.2, 0.25) is 11.8 Å². The molecule has 0 aliphatic carbocycles. The first kappa shape index (κ1) is 28.8. The first-order chi connectivity index (χ1) is 22.6. The van der Waals surface area contributed by atoms with Crippen molar-refractivity contribution in [1.29, 1.82) is 0 Å². The van der Waals surface area contributed by atoms with Crippen molar-refractivity contribution >= 4 is 24.3 Å². The van der Waals surface area contributed by atoms with Crippen LogP contribution in [0.4, 0.5) is 0 Å². The molecule has 2 aromatic heterocycles. The maximum absolute atomic E-state index is 6.01. The van der Waals surface area contributed by atoms with E-state index in [9.17, 15) is 0 Å². The average molecular weight is 597 g/mol. The van der Waals surface area contributed by atoms with E-state index in [1.165, 1.54) is 22.3 Å². The van der Waals surface area contributed by atoms with Crippen LogP contribution in [0.1, 0.15) is 33.4 Å². The number of rotatable bonds is 8. The van der Waals surface area contributed by atoms with Crippen LogP contribution in [0.15, 0.2) is 143 Å². The molecule has 0 amide bonds. The Bertz CT molecular complexity index is 1980. The van der Waals surface area contributed by atoms with E-state index in [-0.39, 0.29) is 0 Å². The van der Waals surface area contributed by atoms with Gasteiger partial charge in [0.25, 0.3) is 0 Å². The van der Waals surface area contributed by atoms with Crippen molar-refractivity contribution < 1.29 is 8.83 Å². The quantitative estimate of drug-likeness (QED) is 0.164. The van der Waals surface area contributed by atoms with Gasteiger partial charge < -0.3 is 8.83 Å². The van der Waals surface area contributed by atoms with E-state index in [1.807, 2.05) is 84.9 Å². The third-order valence-electron chi connectivity index (χ3n) is 8.01. The minimum Gasteiger partial charge on any atom is -0.436 e. The van der Waals surface area contributed by atoms with E-state index in [1.54, 1.807) is 12.4 Å². The molecule has 4 nitrogen and oxygen atoms in total. The summed E-state index contributed by atoms with van der Waals surface area (Å²) >= 11 is 0. The molecule has 222 valence electrons. The maximum Gasteiger partial charge on any atom is 0.226 e. The summed E-state index contributed by atoms with van der Waals surface area (Å²) in [6.07, 6.45) is 12.2. The average Bonchev–Trinajstić information content (AvgIpc) is 3.81. The van der Waals surface area contributed by atoms with Gasteiger partial charge in [0.15, 0.2) is 11.5 Å². The summed E-state index contributed by atoms with van der Waals surface area (Å²) in [5, 5.41) is 0. The second-order valence-corrected chi connectivity index (χ2v) is 11.3. The standard InChI is InChI=1S/C42H32N2O2/c1-29-25-38(24-18-32-15-21-36(22-16-32)42-44-28-40(46-42)34-11-7-4-8-12-34)30(2)26-37(29)23-17-31-13-19-35(20-14-31)41-43-27-39(45-41)33-9-5-3-6-10-33/h3-28H,1-2H3. The van der Waals surface area contributed by atoms with Crippen molar-refractivity contribution in [2.75, 3.05) is 0 Å². The highest BCUT2D eigenvalue weighted by molar-refractivity contribution is 5.77. The fourth-order valence-corrected chi connectivity index (χ4v) is 5.35. The van der Waals surface area contributed by atoms with Crippen LogP contribution in [0.3, 0.4) is 0 Å². The van der Waals surface area contributed by atoms with Gasteiger partial charge in [-0.3, -0.25) is 0 Å². The normalized spacial score (nSPS) is 11.5. The highest BCUT2D eigenvalue weighted by Crippen LogP contribution is 2.28. The van der Waals surface area contributed by atoms with Gasteiger partial charge in [-0.05, 0) is 71.5 Å². The molecular weight excluding hydrogens is 564 g/mol. The van der Waals surface area contributed by atoms with Gasteiger partial charge >= 0.3 is 0 Å². The van der Waals surface area contributed by atoms with Crippen LogP contribution < -0.4 is 0 Å². The van der Waals surface area contributed by atoms with Gasteiger partial charge in [0.05, 0.1) is 12.4 Å². The minimum atomic E-state index is 0.618. The second-order valence-electron chi connectivity index (χ2n) is 11.3. The van der Waals surface area contributed by atoms with Crippen LogP contribution in [0.25, 0.3) is 69.9 Å². The Morgan fingerprint density at radius 3 is 1.22 bits per heavy atom. The van der Waals surface area contributed by atoms with Gasteiger partial charge in [0.1, 0.15) is 0 Å². The Hall–Kier alpha value is -6.00. The first-order valence-corrected chi connectivity index (χ1v) is 15.3. The molecule has 0 unspecified atom stereocenters. The predicted molar refractivity (Wildman–Crippen MR) is 189 cm³/mol. The van der Waals surface area contributed by atoms with E-state index in [4.69, 9.17) is 8.83 Å². The Balaban J connectivity index is 1.00. The van der Waals surface area contributed by atoms with Crippen molar-refractivity contribution in [3.05, 3.63) is 167 Å². The van der Waals surface area contributed by atoms with E-state index >= 15 is 0 Å². The molecule has 0 fully saturated rings. The molecule has 7 aromatic rings. The van der Waals surface area contributed by atoms with E-state index < -0.39 is 0 Å². The van der Waals surface area contributed by atoms with Gasteiger partial charge in [-0.25, -0.2) is 9.97 Å². The van der Waals surface area contributed by atoms with Crippen molar-refractivity contribution in [1.82, 2.24) is 9.97 Å².